The minimum absolute atomic E-state index is 0.201. The average molecular weight is 630 g/mol. The molecule has 0 saturated carbocycles. The Bertz CT molecular complexity index is 1960. The summed E-state index contributed by atoms with van der Waals surface area (Å²) in [7, 11) is 1.29. The van der Waals surface area contributed by atoms with Crippen LogP contribution in [0.2, 0.25) is 5.02 Å². The summed E-state index contributed by atoms with van der Waals surface area (Å²) < 4.78 is 24.5. The number of nitriles is 1. The first-order valence-corrected chi connectivity index (χ1v) is 15.0. The largest absolute Gasteiger partial charge is 0.490 e. The van der Waals surface area contributed by atoms with Gasteiger partial charge in [-0.05, 0) is 73.5 Å². The lowest BCUT2D eigenvalue weighted by Crippen LogP contribution is -2.39. The summed E-state index contributed by atoms with van der Waals surface area (Å²) in [6, 6.07) is 18.9. The Morgan fingerprint density at radius 3 is 2.45 bits per heavy atom. The van der Waals surface area contributed by atoms with Gasteiger partial charge in [-0.25, -0.2) is 9.79 Å². The molecule has 9 nitrogen and oxygen atoms in total. The highest BCUT2D eigenvalue weighted by Crippen LogP contribution is 2.35. The van der Waals surface area contributed by atoms with Gasteiger partial charge in [-0.15, -0.1) is 0 Å². The van der Waals surface area contributed by atoms with Crippen molar-refractivity contribution in [2.75, 3.05) is 20.3 Å². The minimum atomic E-state index is -0.817. The summed E-state index contributed by atoms with van der Waals surface area (Å²) in [5.41, 5.74) is 2.52. The molecule has 0 spiro atoms. The second-order valence-electron chi connectivity index (χ2n) is 9.53. The first-order chi connectivity index (χ1) is 21.4. The van der Waals surface area contributed by atoms with Gasteiger partial charge >= 0.3 is 5.97 Å². The number of esters is 1. The molecule has 1 aromatic heterocycles. The Morgan fingerprint density at radius 1 is 1.02 bits per heavy atom. The van der Waals surface area contributed by atoms with Crippen LogP contribution in [-0.4, -0.2) is 30.9 Å². The maximum Gasteiger partial charge on any atom is 0.337 e. The number of carbonyl (C=O) groups is 1. The predicted octanol–water partition coefficient (Wildman–Crippen LogP) is 4.92. The van der Waals surface area contributed by atoms with Crippen molar-refractivity contribution < 1.29 is 23.7 Å². The van der Waals surface area contributed by atoms with Crippen LogP contribution in [0.4, 0.5) is 0 Å². The van der Waals surface area contributed by atoms with Crippen LogP contribution in [0.3, 0.4) is 0 Å². The van der Waals surface area contributed by atoms with Gasteiger partial charge in [-0.2, -0.15) is 5.26 Å². The number of hydrogen-bond donors (Lipinski definition) is 0. The Kier molecular flexibility index (Phi) is 9.48. The van der Waals surface area contributed by atoms with E-state index in [0.717, 1.165) is 5.56 Å². The van der Waals surface area contributed by atoms with Crippen molar-refractivity contribution in [1.82, 2.24) is 4.57 Å². The zero-order chi connectivity index (χ0) is 31.2. The van der Waals surface area contributed by atoms with Gasteiger partial charge in [-0.1, -0.05) is 41.1 Å². The summed E-state index contributed by atoms with van der Waals surface area (Å²) in [5.74, 6) is 0.972. The molecule has 1 atom stereocenters. The van der Waals surface area contributed by atoms with E-state index in [1.807, 2.05) is 26.0 Å². The van der Waals surface area contributed by atoms with Gasteiger partial charge in [0.2, 0.25) is 0 Å². The average Bonchev–Trinajstić information content (AvgIpc) is 3.35. The van der Waals surface area contributed by atoms with E-state index in [9.17, 15) is 9.59 Å². The fourth-order valence-corrected chi connectivity index (χ4v) is 5.87. The molecule has 0 saturated heterocycles. The van der Waals surface area contributed by atoms with E-state index in [0.29, 0.717) is 61.5 Å². The van der Waals surface area contributed by atoms with Gasteiger partial charge in [0, 0.05) is 16.8 Å². The normalized spacial score (nSPS) is 14.1. The predicted molar refractivity (Wildman–Crippen MR) is 167 cm³/mol. The van der Waals surface area contributed by atoms with E-state index >= 15 is 0 Å². The van der Waals surface area contributed by atoms with Crippen LogP contribution in [0.15, 0.2) is 82.2 Å². The standard InChI is InChI=1S/C33H28ClN3O6S/c1-4-41-27-12-10-22(15-28(27)42-5-2)30-25(32(39)40-3)18-36-33-37(30)31(38)29(44-33)16-23-14-24(34)11-13-26(23)43-19-21-8-6-20(17-35)7-9-21/h6-16,18,30H,4-5,19H2,1-3H3/b29-16+/t30-/m1/s1. The Balaban J connectivity index is 1.58. The Hall–Kier alpha value is -4.85. The highest BCUT2D eigenvalue weighted by Gasteiger charge is 2.31. The minimum Gasteiger partial charge on any atom is -0.490 e. The molecular weight excluding hydrogens is 602 g/mol. The lowest BCUT2D eigenvalue weighted by molar-refractivity contribution is -0.136. The van der Waals surface area contributed by atoms with Crippen molar-refractivity contribution in [2.45, 2.75) is 26.5 Å². The van der Waals surface area contributed by atoms with Gasteiger partial charge in [0.15, 0.2) is 16.3 Å². The smallest absolute Gasteiger partial charge is 0.337 e. The fraction of sp³-hybridized carbons (Fsp3) is 0.212. The van der Waals surface area contributed by atoms with Crippen LogP contribution in [-0.2, 0) is 16.1 Å². The second-order valence-corrected chi connectivity index (χ2v) is 11.0. The van der Waals surface area contributed by atoms with Gasteiger partial charge < -0.3 is 18.9 Å². The molecular formula is C33H28ClN3O6S. The molecule has 224 valence electrons. The molecule has 1 aliphatic rings. The van der Waals surface area contributed by atoms with Gasteiger partial charge in [-0.3, -0.25) is 9.36 Å². The number of halogens is 1. The van der Waals surface area contributed by atoms with E-state index in [2.05, 4.69) is 11.1 Å². The van der Waals surface area contributed by atoms with Crippen molar-refractivity contribution in [1.29, 1.82) is 5.26 Å². The molecule has 0 bridgehead atoms. The summed E-state index contributed by atoms with van der Waals surface area (Å²) in [6.45, 7) is 4.84. The third-order valence-electron chi connectivity index (χ3n) is 6.74. The summed E-state index contributed by atoms with van der Waals surface area (Å²) in [6.07, 6.45) is 3.14. The molecule has 0 radical (unpaired) electrons. The zero-order valence-corrected chi connectivity index (χ0v) is 25.8. The zero-order valence-electron chi connectivity index (χ0n) is 24.2. The van der Waals surface area contributed by atoms with E-state index in [-0.39, 0.29) is 17.7 Å². The Labute approximate surface area is 262 Å². The number of methoxy groups -OCH3 is 1. The van der Waals surface area contributed by atoms with Crippen LogP contribution >= 0.6 is 22.9 Å². The van der Waals surface area contributed by atoms with Crippen LogP contribution in [0, 0.1) is 11.3 Å². The Morgan fingerprint density at radius 2 is 1.75 bits per heavy atom. The van der Waals surface area contributed by atoms with E-state index in [1.54, 1.807) is 54.6 Å². The second kappa shape index (κ2) is 13.6. The number of fused-ring (bicyclic) bond motifs is 1. The van der Waals surface area contributed by atoms with Crippen molar-refractivity contribution in [3.8, 4) is 23.3 Å². The van der Waals surface area contributed by atoms with E-state index in [4.69, 9.17) is 35.8 Å². The molecule has 3 aromatic carbocycles. The van der Waals surface area contributed by atoms with Gasteiger partial charge in [0.05, 0.1) is 48.1 Å². The number of hydrogen-bond acceptors (Lipinski definition) is 9. The monoisotopic (exact) mass is 629 g/mol. The van der Waals surface area contributed by atoms with Crippen LogP contribution < -0.4 is 29.1 Å². The quantitative estimate of drug-likeness (QED) is 0.229. The number of nitrogens with zero attached hydrogens (tertiary/aromatic N) is 3. The van der Waals surface area contributed by atoms with E-state index < -0.39 is 12.0 Å². The van der Waals surface area contributed by atoms with Crippen molar-refractivity contribution >= 4 is 35.0 Å². The summed E-state index contributed by atoms with van der Waals surface area (Å²) >= 11 is 7.52. The molecule has 0 fully saturated rings. The number of benzene rings is 3. The van der Waals surface area contributed by atoms with Crippen LogP contribution in [0.25, 0.3) is 6.08 Å². The molecule has 1 aliphatic heterocycles. The lowest BCUT2D eigenvalue weighted by Gasteiger charge is -2.23. The highest BCUT2D eigenvalue weighted by atomic mass is 35.5. The molecule has 0 unspecified atom stereocenters. The molecule has 44 heavy (non-hydrogen) atoms. The third kappa shape index (κ3) is 6.39. The van der Waals surface area contributed by atoms with Crippen molar-refractivity contribution in [3.05, 3.63) is 119 Å². The number of thiazole rings is 1. The number of rotatable bonds is 10. The highest BCUT2D eigenvalue weighted by molar-refractivity contribution is 7.07. The van der Waals surface area contributed by atoms with Crippen LogP contribution in [0.5, 0.6) is 17.2 Å². The van der Waals surface area contributed by atoms with Crippen LogP contribution in [0.1, 0.15) is 42.1 Å². The van der Waals surface area contributed by atoms with Crippen molar-refractivity contribution in [2.24, 2.45) is 4.99 Å². The molecule has 2 heterocycles. The third-order valence-corrected chi connectivity index (χ3v) is 7.98. The summed E-state index contributed by atoms with van der Waals surface area (Å²) in [4.78, 5) is 31.8. The molecule has 0 aliphatic carbocycles. The summed E-state index contributed by atoms with van der Waals surface area (Å²) in [5, 5.41) is 9.53. The van der Waals surface area contributed by atoms with Crippen molar-refractivity contribution in [3.63, 3.8) is 0 Å². The topological polar surface area (TPSA) is 112 Å². The molecule has 5 rings (SSSR count). The first-order valence-electron chi connectivity index (χ1n) is 13.8. The van der Waals surface area contributed by atoms with Gasteiger partial charge in [0.25, 0.3) is 5.56 Å². The SMILES string of the molecule is CCOc1ccc([C@@H]2C(C(=O)OC)=CN=c3s/c(=C/c4cc(Cl)ccc4OCc4ccc(C#N)cc4)c(=O)n32)cc1OCC. The van der Waals surface area contributed by atoms with Gasteiger partial charge in [0.1, 0.15) is 12.4 Å². The molecule has 11 heteroatoms. The molecule has 0 N–H and O–H groups in total. The fourth-order valence-electron chi connectivity index (χ4n) is 4.73. The molecule has 0 amide bonds. The number of ether oxygens (including phenoxy) is 4. The first kappa shape index (κ1) is 30.6. The maximum atomic E-state index is 14.0. The number of aromatic nitrogens is 1. The lowest BCUT2D eigenvalue weighted by atomic mass is 9.97. The maximum absolute atomic E-state index is 14.0. The van der Waals surface area contributed by atoms with E-state index in [1.165, 1.54) is 29.2 Å². The number of carbonyl (C=O) groups excluding carboxylic acids is 1. The molecule has 4 aromatic rings.